The molecule has 6 heteroatoms. The van der Waals surface area contributed by atoms with Crippen LogP contribution >= 0.6 is 11.6 Å². The van der Waals surface area contributed by atoms with Gasteiger partial charge in [0.25, 0.3) is 0 Å². The molecule has 1 aromatic rings. The van der Waals surface area contributed by atoms with Gasteiger partial charge in [-0.05, 0) is 44.5 Å². The van der Waals surface area contributed by atoms with E-state index in [9.17, 15) is 14.0 Å². The average molecular weight is 301 g/mol. The molecule has 0 radical (unpaired) electrons. The van der Waals surface area contributed by atoms with Gasteiger partial charge in [0.2, 0.25) is 0 Å². The van der Waals surface area contributed by atoms with Gasteiger partial charge in [0.05, 0.1) is 5.02 Å². The molecular weight excluding hydrogens is 287 g/mol. The number of halogens is 2. The van der Waals surface area contributed by atoms with Gasteiger partial charge in [-0.15, -0.1) is 0 Å². The molecular formula is C14H14ClFO4. The fourth-order valence-electron chi connectivity index (χ4n) is 1.31. The van der Waals surface area contributed by atoms with Crippen LogP contribution in [0.2, 0.25) is 5.02 Å². The van der Waals surface area contributed by atoms with Crippen molar-refractivity contribution in [3.63, 3.8) is 0 Å². The number of carbonyl (C=O) groups is 2. The first kappa shape index (κ1) is 16.2. The Morgan fingerprint density at radius 3 is 2.40 bits per heavy atom. The van der Waals surface area contributed by atoms with E-state index in [-0.39, 0.29) is 10.6 Å². The van der Waals surface area contributed by atoms with Gasteiger partial charge >= 0.3 is 11.9 Å². The lowest BCUT2D eigenvalue weighted by molar-refractivity contribution is -0.152. The van der Waals surface area contributed by atoms with Crippen LogP contribution in [-0.2, 0) is 14.3 Å². The van der Waals surface area contributed by atoms with Gasteiger partial charge < -0.3 is 9.84 Å². The zero-order valence-corrected chi connectivity index (χ0v) is 12.0. The number of esters is 1. The predicted molar refractivity (Wildman–Crippen MR) is 72.9 cm³/mol. The minimum Gasteiger partial charge on any atom is -0.477 e. The van der Waals surface area contributed by atoms with E-state index in [4.69, 9.17) is 21.4 Å². The summed E-state index contributed by atoms with van der Waals surface area (Å²) in [6.07, 6.45) is 1.04. The Kier molecular flexibility index (Phi) is 4.89. The molecule has 0 aliphatic heterocycles. The summed E-state index contributed by atoms with van der Waals surface area (Å²) < 4.78 is 18.3. The maximum atomic E-state index is 13.3. The van der Waals surface area contributed by atoms with Crippen molar-refractivity contribution in [1.82, 2.24) is 0 Å². The van der Waals surface area contributed by atoms with Crippen molar-refractivity contribution < 1.29 is 23.8 Å². The van der Waals surface area contributed by atoms with Crippen LogP contribution in [0, 0.1) is 5.82 Å². The van der Waals surface area contributed by atoms with Crippen LogP contribution < -0.4 is 0 Å². The van der Waals surface area contributed by atoms with E-state index in [1.54, 1.807) is 20.8 Å². The molecule has 108 valence electrons. The number of hydrogen-bond acceptors (Lipinski definition) is 3. The molecule has 0 aromatic heterocycles. The molecule has 0 bridgehead atoms. The number of carboxylic acids is 1. The summed E-state index contributed by atoms with van der Waals surface area (Å²) in [4.78, 5) is 22.9. The van der Waals surface area contributed by atoms with Crippen LogP contribution in [-0.4, -0.2) is 22.6 Å². The zero-order chi connectivity index (χ0) is 15.5. The monoisotopic (exact) mass is 300 g/mol. The molecule has 1 rings (SSSR count). The largest absolute Gasteiger partial charge is 0.477 e. The van der Waals surface area contributed by atoms with E-state index < -0.39 is 28.9 Å². The van der Waals surface area contributed by atoms with Crippen LogP contribution in [0.4, 0.5) is 4.39 Å². The summed E-state index contributed by atoms with van der Waals surface area (Å²) >= 11 is 5.53. The smallest absolute Gasteiger partial charge is 0.346 e. The lowest BCUT2D eigenvalue weighted by Gasteiger charge is -2.19. The second kappa shape index (κ2) is 6.05. The molecule has 1 N–H and O–H groups in total. The number of benzene rings is 1. The Morgan fingerprint density at radius 2 is 1.95 bits per heavy atom. The molecule has 0 saturated carbocycles. The van der Waals surface area contributed by atoms with E-state index in [2.05, 4.69) is 0 Å². The number of hydrogen-bond donors (Lipinski definition) is 1. The molecule has 1 aromatic carbocycles. The van der Waals surface area contributed by atoms with Crippen molar-refractivity contribution in [2.45, 2.75) is 26.4 Å². The summed E-state index contributed by atoms with van der Waals surface area (Å²) in [5, 5.41) is 8.95. The highest BCUT2D eigenvalue weighted by Gasteiger charge is 2.24. The summed E-state index contributed by atoms with van der Waals surface area (Å²) in [6, 6.07) is 3.71. The number of carbonyl (C=O) groups excluding carboxylic acids is 1. The predicted octanol–water partition coefficient (Wildman–Crippen LogP) is 3.29. The normalized spacial score (nSPS) is 12.2. The van der Waals surface area contributed by atoms with Crippen molar-refractivity contribution >= 4 is 29.6 Å². The van der Waals surface area contributed by atoms with Crippen LogP contribution in [0.5, 0.6) is 0 Å². The summed E-state index contributed by atoms with van der Waals surface area (Å²) in [6.45, 7) is 4.85. The second-order valence-corrected chi connectivity index (χ2v) is 5.45. The Hall–Kier alpha value is -1.88. The van der Waals surface area contributed by atoms with Gasteiger partial charge in [0.1, 0.15) is 17.0 Å². The van der Waals surface area contributed by atoms with Gasteiger partial charge in [0, 0.05) is 0 Å². The van der Waals surface area contributed by atoms with E-state index in [1.807, 2.05) is 0 Å². The first-order valence-electron chi connectivity index (χ1n) is 5.73. The lowest BCUT2D eigenvalue weighted by atomic mass is 10.1. The third-order valence-corrected chi connectivity index (χ3v) is 2.41. The van der Waals surface area contributed by atoms with E-state index in [1.165, 1.54) is 12.1 Å². The molecule has 0 aliphatic carbocycles. The van der Waals surface area contributed by atoms with Crippen LogP contribution in [0.15, 0.2) is 23.8 Å². The minimum absolute atomic E-state index is 0.0868. The summed E-state index contributed by atoms with van der Waals surface area (Å²) in [7, 11) is 0. The third kappa shape index (κ3) is 4.66. The van der Waals surface area contributed by atoms with Crippen LogP contribution in [0.25, 0.3) is 6.08 Å². The van der Waals surface area contributed by atoms with Crippen molar-refractivity contribution in [3.8, 4) is 0 Å². The molecule has 0 aliphatic rings. The van der Waals surface area contributed by atoms with Gasteiger partial charge in [-0.25, -0.2) is 14.0 Å². The fourth-order valence-corrected chi connectivity index (χ4v) is 1.43. The highest BCUT2D eigenvalue weighted by Crippen LogP contribution is 2.19. The standard InChI is InChI=1S/C14H14ClFO4/c1-14(2,3)20-13(19)9(12(17)18)6-8-4-5-10(15)11(16)7-8/h4-7H,1-3H3,(H,17,18)/b9-6+. The third-order valence-electron chi connectivity index (χ3n) is 2.10. The van der Waals surface area contributed by atoms with Crippen molar-refractivity contribution in [2.75, 3.05) is 0 Å². The molecule has 0 heterocycles. The van der Waals surface area contributed by atoms with Gasteiger partial charge in [-0.1, -0.05) is 17.7 Å². The SMILES string of the molecule is CC(C)(C)OC(=O)/C(=C/c1ccc(Cl)c(F)c1)C(=O)O. The highest BCUT2D eigenvalue weighted by molar-refractivity contribution is 6.30. The van der Waals surface area contributed by atoms with Crippen molar-refractivity contribution in [2.24, 2.45) is 0 Å². The number of carboxylic acid groups (broad SMARTS) is 1. The summed E-state index contributed by atoms with van der Waals surface area (Å²) in [5.74, 6) is -3.13. The number of rotatable bonds is 3. The molecule has 0 unspecified atom stereocenters. The van der Waals surface area contributed by atoms with Gasteiger partial charge in [0.15, 0.2) is 0 Å². The maximum Gasteiger partial charge on any atom is 0.346 e. The zero-order valence-electron chi connectivity index (χ0n) is 11.2. The number of aliphatic carboxylic acids is 1. The topological polar surface area (TPSA) is 63.6 Å². The average Bonchev–Trinajstić information content (AvgIpc) is 2.27. The van der Waals surface area contributed by atoms with E-state index in [0.717, 1.165) is 12.1 Å². The van der Waals surface area contributed by atoms with Crippen LogP contribution in [0.1, 0.15) is 26.3 Å². The molecule has 0 saturated heterocycles. The van der Waals surface area contributed by atoms with Crippen molar-refractivity contribution in [3.05, 3.63) is 40.2 Å². The number of ether oxygens (including phenoxy) is 1. The lowest BCUT2D eigenvalue weighted by Crippen LogP contribution is -2.27. The molecule has 0 fully saturated rings. The van der Waals surface area contributed by atoms with E-state index in [0.29, 0.717) is 0 Å². The molecule has 20 heavy (non-hydrogen) atoms. The molecule has 0 spiro atoms. The molecule has 0 amide bonds. The Labute approximate surface area is 120 Å². The maximum absolute atomic E-state index is 13.3. The quantitative estimate of drug-likeness (QED) is 0.403. The van der Waals surface area contributed by atoms with Gasteiger partial charge in [-0.2, -0.15) is 0 Å². The Morgan fingerprint density at radius 1 is 1.35 bits per heavy atom. The minimum atomic E-state index is -1.45. The fraction of sp³-hybridized carbons (Fsp3) is 0.286. The first-order chi connectivity index (χ1) is 9.10. The molecule has 0 atom stereocenters. The van der Waals surface area contributed by atoms with E-state index >= 15 is 0 Å². The van der Waals surface area contributed by atoms with Gasteiger partial charge in [-0.3, -0.25) is 0 Å². The first-order valence-corrected chi connectivity index (χ1v) is 6.11. The Bertz CT molecular complexity index is 573. The van der Waals surface area contributed by atoms with Crippen LogP contribution in [0.3, 0.4) is 0 Å². The molecule has 4 nitrogen and oxygen atoms in total. The Balaban J connectivity index is 3.13. The summed E-state index contributed by atoms with van der Waals surface area (Å²) in [5.41, 5.74) is -1.20. The second-order valence-electron chi connectivity index (χ2n) is 5.04. The van der Waals surface area contributed by atoms with Crippen molar-refractivity contribution in [1.29, 1.82) is 0 Å². The highest BCUT2D eigenvalue weighted by atomic mass is 35.5.